The van der Waals surface area contributed by atoms with Crippen molar-refractivity contribution in [3.63, 3.8) is 0 Å². The zero-order valence-corrected chi connectivity index (χ0v) is 18.4. The molecule has 0 spiro atoms. The SMILES string of the molecule is CCC(C)N(Cc1ccc(OC)c(OS(=O)(=O)c2cccc(C(F)(F)F)c2)c1)C(C)=O. The van der Waals surface area contributed by atoms with Crippen LogP contribution in [-0.2, 0) is 27.6 Å². The van der Waals surface area contributed by atoms with Gasteiger partial charge in [0.05, 0.1) is 12.7 Å². The smallest absolute Gasteiger partial charge is 0.416 e. The van der Waals surface area contributed by atoms with E-state index in [-0.39, 0.29) is 30.0 Å². The number of amides is 1. The van der Waals surface area contributed by atoms with Crippen LogP contribution in [0, 0.1) is 0 Å². The molecule has 0 radical (unpaired) electrons. The minimum atomic E-state index is -4.70. The maximum absolute atomic E-state index is 12.9. The third-order valence-electron chi connectivity index (χ3n) is 4.76. The predicted molar refractivity (Wildman–Crippen MR) is 108 cm³/mol. The Morgan fingerprint density at radius 3 is 2.35 bits per heavy atom. The number of methoxy groups -OCH3 is 1. The fraction of sp³-hybridized carbons (Fsp3) is 0.381. The van der Waals surface area contributed by atoms with Gasteiger partial charge in [-0.15, -0.1) is 0 Å². The van der Waals surface area contributed by atoms with Gasteiger partial charge < -0.3 is 13.8 Å². The summed E-state index contributed by atoms with van der Waals surface area (Å²) in [5.74, 6) is -0.258. The summed E-state index contributed by atoms with van der Waals surface area (Å²) in [6, 6.07) is 7.75. The molecule has 6 nitrogen and oxygen atoms in total. The highest BCUT2D eigenvalue weighted by molar-refractivity contribution is 7.87. The molecule has 0 aromatic heterocycles. The first-order valence-electron chi connectivity index (χ1n) is 9.45. The van der Waals surface area contributed by atoms with Crippen LogP contribution in [0.4, 0.5) is 13.2 Å². The van der Waals surface area contributed by atoms with Crippen LogP contribution in [-0.4, -0.2) is 32.4 Å². The number of nitrogens with zero attached hydrogens (tertiary/aromatic N) is 1. The van der Waals surface area contributed by atoms with Gasteiger partial charge in [0.1, 0.15) is 4.90 Å². The summed E-state index contributed by atoms with van der Waals surface area (Å²) >= 11 is 0. The zero-order valence-electron chi connectivity index (χ0n) is 17.6. The topological polar surface area (TPSA) is 72.9 Å². The molecule has 0 bridgehead atoms. The lowest BCUT2D eigenvalue weighted by molar-refractivity contribution is -0.137. The number of halogens is 3. The summed E-state index contributed by atoms with van der Waals surface area (Å²) in [5.41, 5.74) is -0.533. The number of ether oxygens (including phenoxy) is 1. The second-order valence-corrected chi connectivity index (χ2v) is 8.50. The number of alkyl halides is 3. The molecule has 0 aliphatic heterocycles. The zero-order chi connectivity index (χ0) is 23.4. The largest absolute Gasteiger partial charge is 0.493 e. The van der Waals surface area contributed by atoms with Crippen molar-refractivity contribution in [3.05, 3.63) is 53.6 Å². The van der Waals surface area contributed by atoms with E-state index in [2.05, 4.69) is 0 Å². The van der Waals surface area contributed by atoms with Gasteiger partial charge in [0.2, 0.25) is 5.91 Å². The Bertz CT molecular complexity index is 1040. The van der Waals surface area contributed by atoms with Crippen LogP contribution in [0.1, 0.15) is 38.3 Å². The molecule has 0 saturated heterocycles. The highest BCUT2D eigenvalue weighted by Gasteiger charge is 2.32. The molecule has 0 fully saturated rings. The summed E-state index contributed by atoms with van der Waals surface area (Å²) in [6.07, 6.45) is -3.97. The highest BCUT2D eigenvalue weighted by atomic mass is 32.2. The number of hydrogen-bond donors (Lipinski definition) is 0. The Hall–Kier alpha value is -2.75. The minimum absolute atomic E-state index is 0.0437. The normalized spacial score (nSPS) is 12.9. The summed E-state index contributed by atoms with van der Waals surface area (Å²) in [7, 11) is -3.27. The van der Waals surface area contributed by atoms with Gasteiger partial charge in [0.15, 0.2) is 11.5 Å². The average Bonchev–Trinajstić information content (AvgIpc) is 2.70. The van der Waals surface area contributed by atoms with E-state index in [1.54, 1.807) is 11.0 Å². The standard InChI is InChI=1S/C21H24F3NO5S/c1-5-14(2)25(15(3)26)13-16-9-10-19(29-4)20(11-16)30-31(27,28)18-8-6-7-17(12-18)21(22,23)24/h6-12,14H,5,13H2,1-4H3. The molecule has 0 N–H and O–H groups in total. The lowest BCUT2D eigenvalue weighted by atomic mass is 10.1. The average molecular weight is 459 g/mol. The first kappa shape index (κ1) is 24.5. The van der Waals surface area contributed by atoms with Gasteiger partial charge in [0, 0.05) is 19.5 Å². The van der Waals surface area contributed by atoms with Gasteiger partial charge in [-0.05, 0) is 49.2 Å². The van der Waals surface area contributed by atoms with E-state index in [1.165, 1.54) is 26.2 Å². The van der Waals surface area contributed by atoms with Gasteiger partial charge in [-0.2, -0.15) is 21.6 Å². The van der Waals surface area contributed by atoms with Gasteiger partial charge in [-0.3, -0.25) is 4.79 Å². The van der Waals surface area contributed by atoms with E-state index in [0.29, 0.717) is 11.6 Å². The summed E-state index contributed by atoms with van der Waals surface area (Å²) < 4.78 is 74.4. The first-order chi connectivity index (χ1) is 14.4. The predicted octanol–water partition coefficient (Wildman–Crippen LogP) is 4.63. The van der Waals surface area contributed by atoms with E-state index in [1.807, 2.05) is 13.8 Å². The Morgan fingerprint density at radius 1 is 1.13 bits per heavy atom. The van der Waals surface area contributed by atoms with Gasteiger partial charge in [0.25, 0.3) is 0 Å². The van der Waals surface area contributed by atoms with Crippen molar-refractivity contribution >= 4 is 16.0 Å². The van der Waals surface area contributed by atoms with Crippen molar-refractivity contribution in [2.45, 2.75) is 50.9 Å². The highest BCUT2D eigenvalue weighted by Crippen LogP contribution is 2.34. The maximum atomic E-state index is 12.9. The van der Waals surface area contributed by atoms with Gasteiger partial charge >= 0.3 is 16.3 Å². The molecule has 0 aliphatic rings. The second-order valence-electron chi connectivity index (χ2n) is 6.95. The Labute approximate surface area is 179 Å². The van der Waals surface area contributed by atoms with Crippen molar-refractivity contribution in [1.29, 1.82) is 0 Å². The van der Waals surface area contributed by atoms with Crippen LogP contribution < -0.4 is 8.92 Å². The van der Waals surface area contributed by atoms with E-state index >= 15 is 0 Å². The maximum Gasteiger partial charge on any atom is 0.416 e. The minimum Gasteiger partial charge on any atom is -0.493 e. The molecule has 2 aromatic rings. The lowest BCUT2D eigenvalue weighted by Crippen LogP contribution is -2.36. The van der Waals surface area contributed by atoms with Gasteiger partial charge in [-0.25, -0.2) is 0 Å². The molecule has 1 atom stereocenters. The Balaban J connectivity index is 2.39. The lowest BCUT2D eigenvalue weighted by Gasteiger charge is -2.27. The van der Waals surface area contributed by atoms with Gasteiger partial charge in [-0.1, -0.05) is 19.1 Å². The summed E-state index contributed by atoms with van der Waals surface area (Å²) in [5, 5.41) is 0. The third kappa shape index (κ3) is 6.13. The van der Waals surface area contributed by atoms with E-state index in [4.69, 9.17) is 8.92 Å². The summed E-state index contributed by atoms with van der Waals surface area (Å²) in [6.45, 7) is 5.46. The molecule has 0 heterocycles. The first-order valence-corrected chi connectivity index (χ1v) is 10.9. The number of rotatable bonds is 8. The molecule has 10 heteroatoms. The van der Waals surface area contributed by atoms with Crippen molar-refractivity contribution in [1.82, 2.24) is 4.90 Å². The molecule has 1 unspecified atom stereocenters. The van der Waals surface area contributed by atoms with Crippen LogP contribution in [0.25, 0.3) is 0 Å². The molecule has 170 valence electrons. The van der Waals surface area contributed by atoms with Crippen molar-refractivity contribution in [2.24, 2.45) is 0 Å². The number of carbonyl (C=O) groups is 1. The Morgan fingerprint density at radius 2 is 1.81 bits per heavy atom. The number of benzene rings is 2. The quantitative estimate of drug-likeness (QED) is 0.539. The molecular weight excluding hydrogens is 435 g/mol. The van der Waals surface area contributed by atoms with Crippen molar-refractivity contribution in [3.8, 4) is 11.5 Å². The van der Waals surface area contributed by atoms with Crippen LogP contribution in [0.15, 0.2) is 47.4 Å². The third-order valence-corrected chi connectivity index (χ3v) is 5.99. The van der Waals surface area contributed by atoms with Crippen molar-refractivity contribution < 1.29 is 35.3 Å². The molecule has 31 heavy (non-hydrogen) atoms. The molecule has 0 saturated carbocycles. The molecule has 2 aromatic carbocycles. The van der Waals surface area contributed by atoms with Crippen LogP contribution in [0.3, 0.4) is 0 Å². The van der Waals surface area contributed by atoms with Crippen molar-refractivity contribution in [2.75, 3.05) is 7.11 Å². The summed E-state index contributed by atoms with van der Waals surface area (Å²) in [4.78, 5) is 12.9. The fourth-order valence-electron chi connectivity index (χ4n) is 2.87. The Kier molecular flexibility index (Phi) is 7.58. The monoisotopic (exact) mass is 459 g/mol. The number of hydrogen-bond acceptors (Lipinski definition) is 5. The molecule has 2 rings (SSSR count). The fourth-order valence-corrected chi connectivity index (χ4v) is 3.85. The molecular formula is C21H24F3NO5S. The van der Waals surface area contributed by atoms with E-state index in [0.717, 1.165) is 24.6 Å². The van der Waals surface area contributed by atoms with Crippen LogP contribution >= 0.6 is 0 Å². The van der Waals surface area contributed by atoms with E-state index in [9.17, 15) is 26.4 Å². The van der Waals surface area contributed by atoms with Crippen LogP contribution in [0.5, 0.6) is 11.5 Å². The van der Waals surface area contributed by atoms with E-state index < -0.39 is 26.8 Å². The molecule has 1 amide bonds. The second kappa shape index (κ2) is 9.59. The number of carbonyl (C=O) groups excluding carboxylic acids is 1. The molecule has 0 aliphatic carbocycles. The van der Waals surface area contributed by atoms with Crippen LogP contribution in [0.2, 0.25) is 0 Å².